The minimum Gasteiger partial charge on any atom is -0.397 e. The van der Waals surface area contributed by atoms with Gasteiger partial charge in [-0.1, -0.05) is 15.9 Å². The van der Waals surface area contributed by atoms with E-state index in [-0.39, 0.29) is 0 Å². The van der Waals surface area contributed by atoms with Gasteiger partial charge in [0.2, 0.25) is 0 Å². The highest BCUT2D eigenvalue weighted by molar-refractivity contribution is 9.11. The summed E-state index contributed by atoms with van der Waals surface area (Å²) in [6, 6.07) is 5.84. The number of benzene rings is 1. The van der Waals surface area contributed by atoms with Crippen LogP contribution in [0.3, 0.4) is 0 Å². The summed E-state index contributed by atoms with van der Waals surface area (Å²) < 4.78 is 1.84. The van der Waals surface area contributed by atoms with Gasteiger partial charge in [-0.05, 0) is 34.1 Å². The van der Waals surface area contributed by atoms with E-state index in [1.165, 1.54) is 0 Å². The van der Waals surface area contributed by atoms with Gasteiger partial charge in [-0.3, -0.25) is 4.98 Å². The molecular weight excluding hydrogens is 296 g/mol. The summed E-state index contributed by atoms with van der Waals surface area (Å²) in [6.07, 6.45) is 1.71. The third-order valence-corrected chi connectivity index (χ3v) is 2.95. The Kier molecular flexibility index (Phi) is 2.26. The Morgan fingerprint density at radius 3 is 2.77 bits per heavy atom. The van der Waals surface area contributed by atoms with E-state index in [0.29, 0.717) is 0 Å². The number of nitrogens with zero attached hydrogens (tertiary/aromatic N) is 1. The lowest BCUT2D eigenvalue weighted by molar-refractivity contribution is 1.39. The van der Waals surface area contributed by atoms with Crippen molar-refractivity contribution >= 4 is 48.5 Å². The first kappa shape index (κ1) is 8.97. The number of nitrogens with two attached hydrogens (primary N) is 1. The largest absolute Gasteiger partial charge is 0.397 e. The maximum absolute atomic E-state index is 5.88. The Hall–Kier alpha value is -0.610. The van der Waals surface area contributed by atoms with E-state index < -0.39 is 0 Å². The van der Waals surface area contributed by atoms with Crippen LogP contribution in [0.5, 0.6) is 0 Å². The fourth-order valence-corrected chi connectivity index (χ4v) is 1.84. The molecule has 0 amide bonds. The van der Waals surface area contributed by atoms with Crippen LogP contribution in [0.15, 0.2) is 33.3 Å². The minimum absolute atomic E-state index is 0.728. The Bertz CT molecular complexity index is 463. The average Bonchev–Trinajstić information content (AvgIpc) is 2.12. The molecule has 4 heteroatoms. The zero-order valence-corrected chi connectivity index (χ0v) is 9.76. The summed E-state index contributed by atoms with van der Waals surface area (Å²) in [5.74, 6) is 0. The van der Waals surface area contributed by atoms with Crippen molar-refractivity contribution in [3.8, 4) is 0 Å². The molecule has 0 aliphatic heterocycles. The van der Waals surface area contributed by atoms with E-state index in [4.69, 9.17) is 5.73 Å². The number of hydrogen-bond acceptors (Lipinski definition) is 2. The van der Waals surface area contributed by atoms with Crippen LogP contribution in [0.25, 0.3) is 10.9 Å². The lowest BCUT2D eigenvalue weighted by Gasteiger charge is -2.03. The highest BCUT2D eigenvalue weighted by Crippen LogP contribution is 2.28. The second-order valence-corrected chi connectivity index (χ2v) is 4.45. The summed E-state index contributed by atoms with van der Waals surface area (Å²) in [5.41, 5.74) is 7.51. The standard InChI is InChI=1S/C9H6Br2N2/c10-5-1-2-8-6(3-5)9(12)7(11)4-13-8/h1-4H,(H2,12,13). The fraction of sp³-hybridized carbons (Fsp3) is 0. The van der Waals surface area contributed by atoms with Crippen molar-refractivity contribution in [3.63, 3.8) is 0 Å². The van der Waals surface area contributed by atoms with E-state index in [0.717, 1.165) is 25.5 Å². The van der Waals surface area contributed by atoms with E-state index in [1.807, 2.05) is 18.2 Å². The molecule has 0 saturated carbocycles. The Labute approximate surface area is 92.4 Å². The van der Waals surface area contributed by atoms with Crippen LogP contribution >= 0.6 is 31.9 Å². The molecule has 0 radical (unpaired) electrons. The van der Waals surface area contributed by atoms with Gasteiger partial charge in [-0.25, -0.2) is 0 Å². The first-order valence-corrected chi connectivity index (χ1v) is 5.26. The molecule has 1 aromatic heterocycles. The van der Waals surface area contributed by atoms with Crippen molar-refractivity contribution in [1.82, 2.24) is 4.98 Å². The highest BCUT2D eigenvalue weighted by Gasteiger charge is 2.03. The quantitative estimate of drug-likeness (QED) is 0.810. The third kappa shape index (κ3) is 1.56. The number of halogens is 2. The number of anilines is 1. The van der Waals surface area contributed by atoms with Crippen molar-refractivity contribution in [2.75, 3.05) is 5.73 Å². The minimum atomic E-state index is 0.728. The van der Waals surface area contributed by atoms with Crippen LogP contribution in [-0.2, 0) is 0 Å². The molecular formula is C9H6Br2N2. The summed E-state index contributed by atoms with van der Waals surface area (Å²) in [7, 11) is 0. The van der Waals surface area contributed by atoms with Crippen molar-refractivity contribution in [3.05, 3.63) is 33.3 Å². The summed E-state index contributed by atoms with van der Waals surface area (Å²) in [6.45, 7) is 0. The van der Waals surface area contributed by atoms with Gasteiger partial charge in [0.1, 0.15) is 0 Å². The maximum Gasteiger partial charge on any atom is 0.0724 e. The summed E-state index contributed by atoms with van der Waals surface area (Å²) >= 11 is 6.73. The van der Waals surface area contributed by atoms with E-state index in [1.54, 1.807) is 6.20 Å². The molecule has 0 spiro atoms. The first-order valence-electron chi connectivity index (χ1n) is 3.68. The summed E-state index contributed by atoms with van der Waals surface area (Å²) in [5, 5.41) is 0.962. The fourth-order valence-electron chi connectivity index (χ4n) is 1.16. The van der Waals surface area contributed by atoms with Crippen molar-refractivity contribution in [1.29, 1.82) is 0 Å². The molecule has 1 aromatic carbocycles. The molecule has 0 unspecified atom stereocenters. The molecule has 0 aliphatic carbocycles. The van der Waals surface area contributed by atoms with Crippen LogP contribution in [0.2, 0.25) is 0 Å². The Morgan fingerprint density at radius 2 is 2.00 bits per heavy atom. The predicted octanol–water partition coefficient (Wildman–Crippen LogP) is 3.34. The predicted molar refractivity (Wildman–Crippen MR) is 61.6 cm³/mol. The molecule has 13 heavy (non-hydrogen) atoms. The van der Waals surface area contributed by atoms with Crippen molar-refractivity contribution in [2.45, 2.75) is 0 Å². The molecule has 1 heterocycles. The zero-order chi connectivity index (χ0) is 9.42. The molecule has 0 saturated heterocycles. The van der Waals surface area contributed by atoms with Crippen molar-refractivity contribution in [2.24, 2.45) is 0 Å². The monoisotopic (exact) mass is 300 g/mol. The average molecular weight is 302 g/mol. The van der Waals surface area contributed by atoms with Gasteiger partial charge in [-0.15, -0.1) is 0 Å². The topological polar surface area (TPSA) is 38.9 Å². The van der Waals surface area contributed by atoms with Crippen LogP contribution in [-0.4, -0.2) is 4.98 Å². The molecule has 0 atom stereocenters. The van der Waals surface area contributed by atoms with Crippen LogP contribution in [0.1, 0.15) is 0 Å². The number of aromatic nitrogens is 1. The number of fused-ring (bicyclic) bond motifs is 1. The summed E-state index contributed by atoms with van der Waals surface area (Å²) in [4.78, 5) is 4.23. The van der Waals surface area contributed by atoms with Crippen LogP contribution < -0.4 is 5.73 Å². The SMILES string of the molecule is Nc1c(Br)cnc2ccc(Br)cc12. The molecule has 0 bridgehead atoms. The Morgan fingerprint density at radius 1 is 1.23 bits per heavy atom. The zero-order valence-electron chi connectivity index (χ0n) is 6.59. The Balaban J connectivity index is 2.89. The number of hydrogen-bond donors (Lipinski definition) is 1. The molecule has 2 N–H and O–H groups in total. The molecule has 2 nitrogen and oxygen atoms in total. The van der Waals surface area contributed by atoms with Crippen molar-refractivity contribution < 1.29 is 0 Å². The van der Waals surface area contributed by atoms with Gasteiger partial charge < -0.3 is 5.73 Å². The van der Waals surface area contributed by atoms with E-state index in [2.05, 4.69) is 36.8 Å². The maximum atomic E-state index is 5.88. The number of nitrogen functional groups attached to an aromatic ring is 1. The number of pyridine rings is 1. The second kappa shape index (κ2) is 3.27. The van der Waals surface area contributed by atoms with Gasteiger partial charge in [0.15, 0.2) is 0 Å². The molecule has 0 fully saturated rings. The first-order chi connectivity index (χ1) is 6.18. The van der Waals surface area contributed by atoms with E-state index >= 15 is 0 Å². The number of rotatable bonds is 0. The second-order valence-electron chi connectivity index (χ2n) is 2.68. The lowest BCUT2D eigenvalue weighted by Crippen LogP contribution is -1.90. The smallest absolute Gasteiger partial charge is 0.0724 e. The molecule has 2 rings (SSSR count). The molecule has 66 valence electrons. The van der Waals surface area contributed by atoms with Crippen LogP contribution in [0.4, 0.5) is 5.69 Å². The van der Waals surface area contributed by atoms with Gasteiger partial charge >= 0.3 is 0 Å². The lowest BCUT2D eigenvalue weighted by atomic mass is 10.2. The molecule has 2 aromatic rings. The van der Waals surface area contributed by atoms with Crippen LogP contribution in [0, 0.1) is 0 Å². The third-order valence-electron chi connectivity index (χ3n) is 1.82. The van der Waals surface area contributed by atoms with Gasteiger partial charge in [0.05, 0.1) is 15.7 Å². The normalized spacial score (nSPS) is 10.6. The van der Waals surface area contributed by atoms with E-state index in [9.17, 15) is 0 Å². The van der Waals surface area contributed by atoms with Gasteiger partial charge in [0, 0.05) is 16.1 Å². The molecule has 0 aliphatic rings. The van der Waals surface area contributed by atoms with Gasteiger partial charge in [0.25, 0.3) is 0 Å². The highest BCUT2D eigenvalue weighted by atomic mass is 79.9. The van der Waals surface area contributed by atoms with Gasteiger partial charge in [-0.2, -0.15) is 0 Å².